The van der Waals surface area contributed by atoms with E-state index in [-0.39, 0.29) is 0 Å². The maximum Gasteiger partial charge on any atom is 0.191 e. The third-order valence-corrected chi connectivity index (χ3v) is 4.69. The van der Waals surface area contributed by atoms with Crippen LogP contribution in [0.2, 0.25) is 0 Å². The number of fused-ring (bicyclic) bond motifs is 1. The van der Waals surface area contributed by atoms with Crippen LogP contribution < -0.4 is 10.6 Å². The van der Waals surface area contributed by atoms with Gasteiger partial charge in [-0.1, -0.05) is 18.6 Å². The van der Waals surface area contributed by atoms with Crippen LogP contribution in [-0.4, -0.2) is 53.6 Å². The molecule has 1 aliphatic rings. The molecule has 0 bridgehead atoms. The molecule has 0 spiro atoms. The number of piperidine rings is 1. The average Bonchev–Trinajstić information content (AvgIpc) is 2.95. The molecule has 6 nitrogen and oxygen atoms in total. The van der Waals surface area contributed by atoms with E-state index >= 15 is 0 Å². The summed E-state index contributed by atoms with van der Waals surface area (Å²) < 4.78 is 2.13. The van der Waals surface area contributed by atoms with Crippen molar-refractivity contribution < 1.29 is 0 Å². The van der Waals surface area contributed by atoms with Crippen LogP contribution in [-0.2, 0) is 13.6 Å². The number of rotatable bonds is 5. The number of imidazole rings is 1. The maximum absolute atomic E-state index is 4.68. The number of hydrogen-bond donors (Lipinski definition) is 2. The van der Waals surface area contributed by atoms with E-state index in [2.05, 4.69) is 43.2 Å². The Hall–Kier alpha value is -2.08. The van der Waals surface area contributed by atoms with Crippen LogP contribution >= 0.6 is 0 Å². The average molecular weight is 328 g/mol. The van der Waals surface area contributed by atoms with Gasteiger partial charge in [-0.2, -0.15) is 0 Å². The fourth-order valence-electron chi connectivity index (χ4n) is 3.25. The number of benzene rings is 1. The first-order valence-corrected chi connectivity index (χ1v) is 8.85. The monoisotopic (exact) mass is 328 g/mol. The standard InChI is InChI=1S/C18H28N6/c1-19-18(20-10-13-24-11-6-3-7-12-24)21-14-17-22-15-8-4-5-9-16(15)23(17)2/h4-5,8-9H,3,6-7,10-14H2,1-2H3,(H2,19,20,21). The zero-order valence-electron chi connectivity index (χ0n) is 14.8. The lowest BCUT2D eigenvalue weighted by molar-refractivity contribution is 0.232. The lowest BCUT2D eigenvalue weighted by atomic mass is 10.1. The number of likely N-dealkylation sites (tertiary alicyclic amines) is 1. The number of para-hydroxylation sites is 2. The van der Waals surface area contributed by atoms with Crippen molar-refractivity contribution in [3.8, 4) is 0 Å². The minimum absolute atomic E-state index is 0.661. The second-order valence-electron chi connectivity index (χ2n) is 6.33. The zero-order valence-corrected chi connectivity index (χ0v) is 14.8. The van der Waals surface area contributed by atoms with Crippen molar-refractivity contribution >= 4 is 17.0 Å². The van der Waals surface area contributed by atoms with Gasteiger partial charge in [-0.15, -0.1) is 0 Å². The van der Waals surface area contributed by atoms with Crippen molar-refractivity contribution in [3.63, 3.8) is 0 Å². The van der Waals surface area contributed by atoms with E-state index in [1.54, 1.807) is 0 Å². The van der Waals surface area contributed by atoms with Gasteiger partial charge in [0, 0.05) is 27.2 Å². The Bertz CT molecular complexity index is 684. The lowest BCUT2D eigenvalue weighted by Gasteiger charge is -2.26. The van der Waals surface area contributed by atoms with Crippen LogP contribution in [0.3, 0.4) is 0 Å². The third-order valence-electron chi connectivity index (χ3n) is 4.69. The highest BCUT2D eigenvalue weighted by Gasteiger charge is 2.10. The summed E-state index contributed by atoms with van der Waals surface area (Å²) in [6.45, 7) is 5.12. The van der Waals surface area contributed by atoms with Gasteiger partial charge in [0.05, 0.1) is 17.6 Å². The molecule has 2 aromatic rings. The van der Waals surface area contributed by atoms with Crippen LogP contribution in [0.5, 0.6) is 0 Å². The number of nitrogens with zero attached hydrogens (tertiary/aromatic N) is 4. The topological polar surface area (TPSA) is 57.5 Å². The molecule has 2 heterocycles. The molecule has 1 saturated heterocycles. The van der Waals surface area contributed by atoms with Crippen LogP contribution in [0, 0.1) is 0 Å². The Morgan fingerprint density at radius 2 is 1.96 bits per heavy atom. The second-order valence-corrected chi connectivity index (χ2v) is 6.33. The van der Waals surface area contributed by atoms with Gasteiger partial charge in [0.1, 0.15) is 5.82 Å². The minimum Gasteiger partial charge on any atom is -0.355 e. The van der Waals surface area contributed by atoms with E-state index in [0.29, 0.717) is 6.54 Å². The van der Waals surface area contributed by atoms with E-state index in [0.717, 1.165) is 35.9 Å². The molecule has 0 unspecified atom stereocenters. The number of aryl methyl sites for hydroxylation is 1. The van der Waals surface area contributed by atoms with E-state index in [1.807, 2.05) is 25.2 Å². The van der Waals surface area contributed by atoms with Crippen LogP contribution in [0.1, 0.15) is 25.1 Å². The molecule has 24 heavy (non-hydrogen) atoms. The van der Waals surface area contributed by atoms with Crippen molar-refractivity contribution in [2.24, 2.45) is 12.0 Å². The van der Waals surface area contributed by atoms with Crippen LogP contribution in [0.4, 0.5) is 0 Å². The first kappa shape index (κ1) is 16.8. The Morgan fingerprint density at radius 1 is 1.17 bits per heavy atom. The minimum atomic E-state index is 0.661. The number of guanidine groups is 1. The maximum atomic E-state index is 4.68. The molecule has 0 atom stereocenters. The largest absolute Gasteiger partial charge is 0.355 e. The summed E-state index contributed by atoms with van der Waals surface area (Å²) in [5, 5.41) is 6.76. The van der Waals surface area contributed by atoms with Crippen molar-refractivity contribution in [1.82, 2.24) is 25.1 Å². The molecule has 0 radical (unpaired) electrons. The molecule has 1 fully saturated rings. The molecule has 0 saturated carbocycles. The second kappa shape index (κ2) is 8.15. The zero-order chi connectivity index (χ0) is 16.8. The van der Waals surface area contributed by atoms with Crippen molar-refractivity contribution in [2.45, 2.75) is 25.8 Å². The first-order chi connectivity index (χ1) is 11.8. The molecule has 1 aromatic heterocycles. The van der Waals surface area contributed by atoms with Gasteiger partial charge < -0.3 is 20.1 Å². The third kappa shape index (κ3) is 4.06. The van der Waals surface area contributed by atoms with E-state index in [9.17, 15) is 0 Å². The van der Waals surface area contributed by atoms with Crippen molar-refractivity contribution in [2.75, 3.05) is 33.2 Å². The number of aromatic nitrogens is 2. The van der Waals surface area contributed by atoms with Crippen molar-refractivity contribution in [1.29, 1.82) is 0 Å². The number of aliphatic imine (C=N–C) groups is 1. The van der Waals surface area contributed by atoms with Gasteiger partial charge in [0.25, 0.3) is 0 Å². The van der Waals surface area contributed by atoms with Crippen LogP contribution in [0.25, 0.3) is 11.0 Å². The fourth-order valence-corrected chi connectivity index (χ4v) is 3.25. The number of hydrogen-bond acceptors (Lipinski definition) is 3. The highest BCUT2D eigenvalue weighted by Crippen LogP contribution is 2.13. The van der Waals surface area contributed by atoms with E-state index < -0.39 is 0 Å². The molecule has 0 aliphatic carbocycles. The molecule has 3 rings (SSSR count). The Kier molecular flexibility index (Phi) is 5.69. The Morgan fingerprint density at radius 3 is 2.71 bits per heavy atom. The quantitative estimate of drug-likeness (QED) is 0.648. The van der Waals surface area contributed by atoms with E-state index in [1.165, 1.54) is 32.4 Å². The predicted octanol–water partition coefficient (Wildman–Crippen LogP) is 1.72. The normalized spacial score (nSPS) is 16.5. The molecular weight excluding hydrogens is 300 g/mol. The van der Waals surface area contributed by atoms with Gasteiger partial charge in [-0.05, 0) is 38.1 Å². The highest BCUT2D eigenvalue weighted by atomic mass is 15.2. The molecule has 1 aliphatic heterocycles. The molecule has 2 N–H and O–H groups in total. The van der Waals surface area contributed by atoms with E-state index in [4.69, 9.17) is 0 Å². The molecule has 1 aromatic carbocycles. The number of nitrogens with one attached hydrogen (secondary N) is 2. The molecule has 130 valence electrons. The summed E-state index contributed by atoms with van der Waals surface area (Å²) in [7, 11) is 3.87. The molecule has 6 heteroatoms. The summed E-state index contributed by atoms with van der Waals surface area (Å²) in [6.07, 6.45) is 4.05. The van der Waals surface area contributed by atoms with Crippen molar-refractivity contribution in [3.05, 3.63) is 30.1 Å². The fraction of sp³-hybridized carbons (Fsp3) is 0.556. The van der Waals surface area contributed by atoms with Gasteiger partial charge in [0.15, 0.2) is 5.96 Å². The van der Waals surface area contributed by atoms with Gasteiger partial charge in [0.2, 0.25) is 0 Å². The smallest absolute Gasteiger partial charge is 0.191 e. The summed E-state index contributed by atoms with van der Waals surface area (Å²) in [4.78, 5) is 11.5. The lowest BCUT2D eigenvalue weighted by Crippen LogP contribution is -2.42. The predicted molar refractivity (Wildman–Crippen MR) is 99.2 cm³/mol. The van der Waals surface area contributed by atoms with Gasteiger partial charge >= 0.3 is 0 Å². The molecule has 0 amide bonds. The summed E-state index contributed by atoms with van der Waals surface area (Å²) in [5.41, 5.74) is 2.19. The molecular formula is C18H28N6. The Balaban J connectivity index is 1.49. The summed E-state index contributed by atoms with van der Waals surface area (Å²) in [5.74, 6) is 1.84. The summed E-state index contributed by atoms with van der Waals surface area (Å²) >= 11 is 0. The van der Waals surface area contributed by atoms with Gasteiger partial charge in [-0.3, -0.25) is 4.99 Å². The first-order valence-electron chi connectivity index (χ1n) is 8.85. The SMILES string of the molecule is CN=C(NCCN1CCCCC1)NCc1nc2ccccc2n1C. The summed E-state index contributed by atoms with van der Waals surface area (Å²) in [6, 6.07) is 8.21. The van der Waals surface area contributed by atoms with Crippen LogP contribution in [0.15, 0.2) is 29.3 Å². The Labute approximate surface area is 144 Å². The highest BCUT2D eigenvalue weighted by molar-refractivity contribution is 5.80. The van der Waals surface area contributed by atoms with Gasteiger partial charge in [-0.25, -0.2) is 4.98 Å².